The minimum absolute atomic E-state index is 0.293. The van der Waals surface area contributed by atoms with Crippen LogP contribution in [-0.2, 0) is 14.3 Å². The van der Waals surface area contributed by atoms with Crippen LogP contribution in [0.25, 0.3) is 0 Å². The van der Waals surface area contributed by atoms with Gasteiger partial charge in [-0.05, 0) is 61.7 Å². The van der Waals surface area contributed by atoms with Gasteiger partial charge in [-0.1, -0.05) is 28.1 Å². The molecule has 0 aliphatic carbocycles. The Bertz CT molecular complexity index is 919. The highest BCUT2D eigenvalue weighted by Gasteiger charge is 2.28. The molecule has 0 radical (unpaired) electrons. The van der Waals surface area contributed by atoms with Crippen molar-refractivity contribution in [3.63, 3.8) is 0 Å². The third-order valence-corrected chi connectivity index (χ3v) is 4.75. The van der Waals surface area contributed by atoms with Gasteiger partial charge < -0.3 is 19.7 Å². The molecule has 2 aromatic carbocycles. The lowest BCUT2D eigenvalue weighted by Crippen LogP contribution is -2.29. The number of aromatic hydroxyl groups is 1. The van der Waals surface area contributed by atoms with Crippen molar-refractivity contribution in [2.24, 2.45) is 0 Å². The van der Waals surface area contributed by atoms with Crippen LogP contribution in [-0.4, -0.2) is 35.0 Å². The number of carbonyl (C=O) groups excluding carboxylic acids is 1. The lowest BCUT2D eigenvalue weighted by molar-refractivity contribution is -0.131. The maximum Gasteiger partial charge on any atom is 0.412 e. The van der Waals surface area contributed by atoms with E-state index in [4.69, 9.17) is 14.6 Å². The Hall–Kier alpha value is -2.91. The Morgan fingerprint density at radius 3 is 2.55 bits per heavy atom. The predicted molar refractivity (Wildman–Crippen MR) is 116 cm³/mol. The quantitative estimate of drug-likeness (QED) is 0.380. The smallest absolute Gasteiger partial charge is 0.412 e. The maximum atomic E-state index is 14.0. The number of hydrogen-bond donors (Lipinski definition) is 3. The topological polar surface area (TPSA) is 105 Å². The van der Waals surface area contributed by atoms with Crippen LogP contribution in [0.2, 0.25) is 0 Å². The Labute approximate surface area is 187 Å². The lowest BCUT2D eigenvalue weighted by Gasteiger charge is -2.27. The Kier molecular flexibility index (Phi) is 9.48. The van der Waals surface area contributed by atoms with Gasteiger partial charge in [0.15, 0.2) is 17.7 Å². The normalized spacial score (nSPS) is 13.0. The SMILES string of the molecule is CCO[C@H](CC/C=C/C(=O)O)[C@H](OC(=O)Nc1ccc(Br)cc1)c1ccc(O)c(F)c1. The fourth-order valence-corrected chi connectivity index (χ4v) is 3.10. The maximum absolute atomic E-state index is 14.0. The number of carbonyl (C=O) groups is 2. The van der Waals surface area contributed by atoms with Gasteiger partial charge in [0.05, 0.1) is 6.10 Å². The molecule has 0 fully saturated rings. The summed E-state index contributed by atoms with van der Waals surface area (Å²) in [5.41, 5.74) is 0.795. The second-order valence-corrected chi connectivity index (χ2v) is 7.40. The molecule has 9 heteroatoms. The molecule has 0 saturated heterocycles. The van der Waals surface area contributed by atoms with E-state index in [2.05, 4.69) is 21.2 Å². The van der Waals surface area contributed by atoms with Crippen molar-refractivity contribution in [3.05, 3.63) is 70.5 Å². The van der Waals surface area contributed by atoms with E-state index in [0.717, 1.165) is 16.6 Å². The number of amides is 1. The summed E-state index contributed by atoms with van der Waals surface area (Å²) in [5, 5.41) is 20.8. The van der Waals surface area contributed by atoms with Gasteiger partial charge >= 0.3 is 12.1 Å². The molecular formula is C22H23BrFNO6. The van der Waals surface area contributed by atoms with Crippen molar-refractivity contribution in [3.8, 4) is 5.75 Å². The zero-order chi connectivity index (χ0) is 22.8. The molecule has 2 rings (SSSR count). The van der Waals surface area contributed by atoms with E-state index in [1.807, 2.05) is 0 Å². The highest BCUT2D eigenvalue weighted by atomic mass is 79.9. The average Bonchev–Trinajstić information content (AvgIpc) is 2.72. The van der Waals surface area contributed by atoms with Crippen molar-refractivity contribution < 1.29 is 33.7 Å². The highest BCUT2D eigenvalue weighted by Crippen LogP contribution is 2.30. The summed E-state index contributed by atoms with van der Waals surface area (Å²) < 4.78 is 26.1. The molecule has 2 aromatic rings. The molecule has 0 unspecified atom stereocenters. The minimum Gasteiger partial charge on any atom is -0.505 e. The first kappa shape index (κ1) is 24.4. The standard InChI is InChI=1S/C22H23BrFNO6/c1-2-30-19(5-3-4-6-20(27)28)21(14-7-12-18(26)17(24)13-14)31-22(29)25-16-10-8-15(23)9-11-16/h4,6-13,19,21,26H,2-3,5H2,1H3,(H,25,29)(H,27,28)/b6-4+/t19-,21-/m1/s1. The van der Waals surface area contributed by atoms with Gasteiger partial charge in [-0.15, -0.1) is 0 Å². The number of nitrogens with one attached hydrogen (secondary N) is 1. The largest absolute Gasteiger partial charge is 0.505 e. The number of halogens is 2. The van der Waals surface area contributed by atoms with Crippen molar-refractivity contribution in [1.82, 2.24) is 0 Å². The van der Waals surface area contributed by atoms with Gasteiger partial charge in [0.25, 0.3) is 0 Å². The van der Waals surface area contributed by atoms with Crippen LogP contribution in [0.3, 0.4) is 0 Å². The van der Waals surface area contributed by atoms with Crippen LogP contribution >= 0.6 is 15.9 Å². The predicted octanol–water partition coefficient (Wildman–Crippen LogP) is 5.41. The highest BCUT2D eigenvalue weighted by molar-refractivity contribution is 9.10. The van der Waals surface area contributed by atoms with Crippen molar-refractivity contribution in [2.75, 3.05) is 11.9 Å². The minimum atomic E-state index is -1.07. The summed E-state index contributed by atoms with van der Waals surface area (Å²) >= 11 is 3.31. The molecule has 2 atom stereocenters. The number of hydrogen-bond acceptors (Lipinski definition) is 5. The number of aliphatic carboxylic acids is 1. The van der Waals surface area contributed by atoms with Crippen LogP contribution in [0.1, 0.15) is 31.4 Å². The summed E-state index contributed by atoms with van der Waals surface area (Å²) in [6.07, 6.45) is 0.685. The van der Waals surface area contributed by atoms with Gasteiger partial charge in [-0.3, -0.25) is 5.32 Å². The monoisotopic (exact) mass is 495 g/mol. The van der Waals surface area contributed by atoms with Gasteiger partial charge in [-0.2, -0.15) is 0 Å². The van der Waals surface area contributed by atoms with Crippen molar-refractivity contribution >= 4 is 33.7 Å². The molecule has 0 aliphatic rings. The van der Waals surface area contributed by atoms with E-state index in [-0.39, 0.29) is 0 Å². The molecule has 0 aromatic heterocycles. The van der Waals surface area contributed by atoms with Crippen molar-refractivity contribution in [2.45, 2.75) is 32.0 Å². The Morgan fingerprint density at radius 1 is 1.23 bits per heavy atom. The van der Waals surface area contributed by atoms with E-state index in [9.17, 15) is 19.1 Å². The Balaban J connectivity index is 2.24. The molecule has 7 nitrogen and oxygen atoms in total. The number of carboxylic acid groups (broad SMARTS) is 1. The molecule has 0 bridgehead atoms. The van der Waals surface area contributed by atoms with Gasteiger partial charge in [-0.25, -0.2) is 14.0 Å². The number of carboxylic acids is 1. The zero-order valence-corrected chi connectivity index (χ0v) is 18.3. The molecular weight excluding hydrogens is 473 g/mol. The number of benzene rings is 2. The second-order valence-electron chi connectivity index (χ2n) is 6.48. The molecule has 166 valence electrons. The van der Waals surface area contributed by atoms with Crippen LogP contribution in [0.15, 0.2) is 59.1 Å². The number of ether oxygens (including phenoxy) is 2. The van der Waals surface area contributed by atoms with Gasteiger partial charge in [0.1, 0.15) is 0 Å². The number of phenols is 1. The molecule has 3 N–H and O–H groups in total. The molecule has 0 spiro atoms. The lowest BCUT2D eigenvalue weighted by atomic mass is 9.99. The molecule has 0 aliphatic heterocycles. The number of allylic oxidation sites excluding steroid dienone is 1. The summed E-state index contributed by atoms with van der Waals surface area (Å²) in [6, 6.07) is 10.5. The first-order chi connectivity index (χ1) is 14.8. The Morgan fingerprint density at radius 2 is 1.94 bits per heavy atom. The van der Waals surface area contributed by atoms with Crippen molar-refractivity contribution in [1.29, 1.82) is 0 Å². The third-order valence-electron chi connectivity index (χ3n) is 4.22. The van der Waals surface area contributed by atoms with E-state index >= 15 is 0 Å². The van der Waals surface area contributed by atoms with E-state index in [1.165, 1.54) is 18.2 Å². The van der Waals surface area contributed by atoms with Gasteiger partial charge in [0, 0.05) is 22.8 Å². The fourth-order valence-electron chi connectivity index (χ4n) is 2.84. The van der Waals surface area contributed by atoms with Gasteiger partial charge in [0.2, 0.25) is 0 Å². The summed E-state index contributed by atoms with van der Waals surface area (Å²) in [7, 11) is 0. The van der Waals surface area contributed by atoms with E-state index in [1.54, 1.807) is 31.2 Å². The van der Waals surface area contributed by atoms with Crippen LogP contribution < -0.4 is 5.32 Å². The van der Waals surface area contributed by atoms with Crippen LogP contribution in [0, 0.1) is 5.82 Å². The molecule has 0 heterocycles. The van der Waals surface area contributed by atoms with Crippen LogP contribution in [0.4, 0.5) is 14.9 Å². The zero-order valence-electron chi connectivity index (χ0n) is 16.8. The summed E-state index contributed by atoms with van der Waals surface area (Å²) in [4.78, 5) is 23.2. The molecule has 31 heavy (non-hydrogen) atoms. The molecule has 0 saturated carbocycles. The average molecular weight is 496 g/mol. The number of phenolic OH excluding ortho intramolecular Hbond substituents is 1. The summed E-state index contributed by atoms with van der Waals surface area (Å²) in [6.45, 7) is 2.05. The second kappa shape index (κ2) is 12.1. The fraction of sp³-hybridized carbons (Fsp3) is 0.273. The van der Waals surface area contributed by atoms with E-state index < -0.39 is 35.8 Å². The first-order valence-corrected chi connectivity index (χ1v) is 10.3. The van der Waals surface area contributed by atoms with Crippen LogP contribution in [0.5, 0.6) is 5.75 Å². The first-order valence-electron chi connectivity index (χ1n) is 9.52. The molecule has 1 amide bonds. The number of rotatable bonds is 10. The number of anilines is 1. The van der Waals surface area contributed by atoms with E-state index in [0.29, 0.717) is 30.7 Å². The summed E-state index contributed by atoms with van der Waals surface area (Å²) in [5.74, 6) is -2.46. The third kappa shape index (κ3) is 8.03.